The van der Waals surface area contributed by atoms with Gasteiger partial charge in [-0.3, -0.25) is 19.8 Å². The molecule has 0 spiro atoms. The Balaban J connectivity index is 2.31. The third-order valence-corrected chi connectivity index (χ3v) is 3.46. The number of esters is 1. The summed E-state index contributed by atoms with van der Waals surface area (Å²) in [5.41, 5.74) is 0.942. The van der Waals surface area contributed by atoms with Gasteiger partial charge in [0.1, 0.15) is 5.57 Å². The average Bonchev–Trinajstić information content (AvgIpc) is 2.55. The van der Waals surface area contributed by atoms with Gasteiger partial charge in [-0.25, -0.2) is 4.79 Å². The molecule has 118 valence electrons. The number of rotatable bonds is 4. The van der Waals surface area contributed by atoms with Crippen molar-refractivity contribution in [2.75, 3.05) is 13.7 Å². The van der Waals surface area contributed by atoms with Crippen molar-refractivity contribution in [2.24, 2.45) is 0 Å². The Morgan fingerprint density at radius 2 is 2.00 bits per heavy atom. The number of carbonyl (C=O) groups excluding carboxylic acids is 3. The molecule has 0 radical (unpaired) electrons. The first kappa shape index (κ1) is 16.6. The molecule has 1 heterocycles. The van der Waals surface area contributed by atoms with E-state index in [9.17, 15) is 14.4 Å². The van der Waals surface area contributed by atoms with Crippen LogP contribution in [0.4, 0.5) is 0 Å². The van der Waals surface area contributed by atoms with Gasteiger partial charge < -0.3 is 4.74 Å². The number of thiocarbonyl (C=S) groups is 1. The fraction of sp³-hybridized carbons (Fsp3) is 0.125. The van der Waals surface area contributed by atoms with Crippen LogP contribution < -0.4 is 5.32 Å². The molecule has 2 amide bonds. The van der Waals surface area contributed by atoms with Crippen molar-refractivity contribution < 1.29 is 19.1 Å². The zero-order valence-corrected chi connectivity index (χ0v) is 13.2. The SMILES string of the molecule is C=CCN1C(=O)/C(=C\c2ccc(C(=O)OC)cc2)C(=O)NC1=S. The Bertz CT molecular complexity index is 722. The lowest BCUT2D eigenvalue weighted by molar-refractivity contribution is -0.128. The molecule has 0 atom stereocenters. The van der Waals surface area contributed by atoms with Crippen molar-refractivity contribution in [3.63, 3.8) is 0 Å². The number of nitrogens with zero attached hydrogens (tertiary/aromatic N) is 1. The second-order valence-electron chi connectivity index (χ2n) is 4.64. The minimum absolute atomic E-state index is 0.0359. The summed E-state index contributed by atoms with van der Waals surface area (Å²) in [5, 5.41) is 2.51. The summed E-state index contributed by atoms with van der Waals surface area (Å²) in [7, 11) is 1.29. The van der Waals surface area contributed by atoms with Crippen molar-refractivity contribution in [1.29, 1.82) is 0 Å². The van der Waals surface area contributed by atoms with Gasteiger partial charge in [-0.1, -0.05) is 18.2 Å². The van der Waals surface area contributed by atoms with Gasteiger partial charge in [0.2, 0.25) is 0 Å². The Hall–Kier alpha value is -2.80. The Labute approximate surface area is 138 Å². The molecule has 1 N–H and O–H groups in total. The zero-order valence-electron chi connectivity index (χ0n) is 12.4. The van der Waals surface area contributed by atoms with Crippen LogP contribution in [0.5, 0.6) is 0 Å². The first-order valence-corrected chi connectivity index (χ1v) is 7.07. The van der Waals surface area contributed by atoms with E-state index in [1.165, 1.54) is 24.2 Å². The van der Waals surface area contributed by atoms with Crippen LogP contribution in [0.3, 0.4) is 0 Å². The number of hydrogen-bond acceptors (Lipinski definition) is 5. The van der Waals surface area contributed by atoms with Crippen LogP contribution in [0.1, 0.15) is 15.9 Å². The van der Waals surface area contributed by atoms with Crippen LogP contribution in [0.2, 0.25) is 0 Å². The van der Waals surface area contributed by atoms with E-state index in [1.807, 2.05) is 0 Å². The molecule has 1 fully saturated rings. The molecule has 1 aliphatic heterocycles. The van der Waals surface area contributed by atoms with Crippen LogP contribution in [0.15, 0.2) is 42.5 Å². The Kier molecular flexibility index (Phi) is 5.02. The summed E-state index contributed by atoms with van der Waals surface area (Å²) >= 11 is 4.97. The summed E-state index contributed by atoms with van der Waals surface area (Å²) in [6.45, 7) is 3.76. The zero-order chi connectivity index (χ0) is 17.0. The van der Waals surface area contributed by atoms with Gasteiger partial charge in [0, 0.05) is 6.54 Å². The molecular formula is C16H14N2O4S. The number of benzene rings is 1. The van der Waals surface area contributed by atoms with Gasteiger partial charge in [-0.2, -0.15) is 0 Å². The van der Waals surface area contributed by atoms with E-state index in [2.05, 4.69) is 16.6 Å². The topological polar surface area (TPSA) is 75.7 Å². The lowest BCUT2D eigenvalue weighted by Crippen LogP contribution is -2.53. The van der Waals surface area contributed by atoms with E-state index < -0.39 is 17.8 Å². The molecule has 2 rings (SSSR count). The maximum absolute atomic E-state index is 12.3. The first-order chi connectivity index (χ1) is 11.0. The van der Waals surface area contributed by atoms with Gasteiger partial charge in [0.15, 0.2) is 5.11 Å². The molecule has 6 nitrogen and oxygen atoms in total. The number of nitrogens with one attached hydrogen (secondary N) is 1. The summed E-state index contributed by atoms with van der Waals surface area (Å²) in [5.74, 6) is -1.51. The van der Waals surface area contributed by atoms with Gasteiger partial charge >= 0.3 is 5.97 Å². The number of carbonyl (C=O) groups is 3. The van der Waals surface area contributed by atoms with Crippen LogP contribution in [-0.2, 0) is 14.3 Å². The lowest BCUT2D eigenvalue weighted by atomic mass is 10.1. The largest absolute Gasteiger partial charge is 0.465 e. The maximum atomic E-state index is 12.3. The molecular weight excluding hydrogens is 316 g/mol. The minimum Gasteiger partial charge on any atom is -0.465 e. The molecule has 23 heavy (non-hydrogen) atoms. The number of ether oxygens (including phenoxy) is 1. The van der Waals surface area contributed by atoms with Gasteiger partial charge in [-0.05, 0) is 36.0 Å². The number of amides is 2. The standard InChI is InChI=1S/C16H14N2O4S/c1-3-8-18-14(20)12(13(19)17-16(18)23)9-10-4-6-11(7-5-10)15(21)22-2/h3-7,9H,1,8H2,2H3,(H,17,19,23)/b12-9-. The van der Waals surface area contributed by atoms with Crippen LogP contribution in [0.25, 0.3) is 6.08 Å². The summed E-state index contributed by atoms with van der Waals surface area (Å²) < 4.78 is 4.61. The molecule has 0 aliphatic carbocycles. The van der Waals surface area contributed by atoms with E-state index in [-0.39, 0.29) is 17.2 Å². The van der Waals surface area contributed by atoms with E-state index in [4.69, 9.17) is 12.2 Å². The van der Waals surface area contributed by atoms with Gasteiger partial charge in [0.05, 0.1) is 12.7 Å². The van der Waals surface area contributed by atoms with E-state index >= 15 is 0 Å². The smallest absolute Gasteiger partial charge is 0.337 e. The molecule has 1 aromatic rings. The highest BCUT2D eigenvalue weighted by Gasteiger charge is 2.32. The predicted molar refractivity (Wildman–Crippen MR) is 88.4 cm³/mol. The molecule has 1 aliphatic rings. The molecule has 1 saturated heterocycles. The van der Waals surface area contributed by atoms with E-state index in [0.717, 1.165) is 0 Å². The number of methoxy groups -OCH3 is 1. The second kappa shape index (κ2) is 6.97. The van der Waals surface area contributed by atoms with Crippen molar-refractivity contribution >= 4 is 41.2 Å². The molecule has 1 aromatic carbocycles. The molecule has 0 aromatic heterocycles. The second-order valence-corrected chi connectivity index (χ2v) is 5.02. The lowest BCUT2D eigenvalue weighted by Gasteiger charge is -2.27. The maximum Gasteiger partial charge on any atom is 0.337 e. The third-order valence-electron chi connectivity index (χ3n) is 3.14. The normalized spacial score (nSPS) is 16.3. The molecule has 0 unspecified atom stereocenters. The molecule has 7 heteroatoms. The van der Waals surface area contributed by atoms with Crippen molar-refractivity contribution in [1.82, 2.24) is 10.2 Å². The third kappa shape index (κ3) is 3.51. The van der Waals surface area contributed by atoms with Gasteiger partial charge in [0.25, 0.3) is 11.8 Å². The Morgan fingerprint density at radius 3 is 2.57 bits per heavy atom. The summed E-state index contributed by atoms with van der Waals surface area (Å²) in [4.78, 5) is 37.0. The Morgan fingerprint density at radius 1 is 1.35 bits per heavy atom. The average molecular weight is 330 g/mol. The highest BCUT2D eigenvalue weighted by atomic mass is 32.1. The fourth-order valence-corrected chi connectivity index (χ4v) is 2.24. The van der Waals surface area contributed by atoms with Crippen molar-refractivity contribution in [2.45, 2.75) is 0 Å². The van der Waals surface area contributed by atoms with E-state index in [0.29, 0.717) is 11.1 Å². The highest BCUT2D eigenvalue weighted by Crippen LogP contribution is 2.15. The van der Waals surface area contributed by atoms with Crippen LogP contribution in [-0.4, -0.2) is 41.5 Å². The summed E-state index contributed by atoms with van der Waals surface area (Å²) in [6.07, 6.45) is 2.96. The van der Waals surface area contributed by atoms with Gasteiger partial charge in [-0.15, -0.1) is 6.58 Å². The van der Waals surface area contributed by atoms with Crippen LogP contribution in [0, 0.1) is 0 Å². The van der Waals surface area contributed by atoms with E-state index in [1.54, 1.807) is 24.3 Å². The van der Waals surface area contributed by atoms with Crippen LogP contribution >= 0.6 is 12.2 Å². The number of hydrogen-bond donors (Lipinski definition) is 1. The minimum atomic E-state index is -0.558. The van der Waals surface area contributed by atoms with Crippen molar-refractivity contribution in [3.05, 3.63) is 53.6 Å². The van der Waals surface area contributed by atoms with Crippen molar-refractivity contribution in [3.8, 4) is 0 Å². The predicted octanol–water partition coefficient (Wildman–Crippen LogP) is 1.29. The quantitative estimate of drug-likeness (QED) is 0.296. The fourth-order valence-electron chi connectivity index (χ4n) is 1.99. The monoisotopic (exact) mass is 330 g/mol. The molecule has 0 bridgehead atoms. The first-order valence-electron chi connectivity index (χ1n) is 6.66. The summed E-state index contributed by atoms with van der Waals surface area (Å²) in [6, 6.07) is 6.33. The highest BCUT2D eigenvalue weighted by molar-refractivity contribution is 7.80. The molecule has 0 saturated carbocycles.